The summed E-state index contributed by atoms with van der Waals surface area (Å²) >= 11 is 0. The molecule has 0 aromatic heterocycles. The van der Waals surface area contributed by atoms with Gasteiger partial charge in [-0.15, -0.1) is 0 Å². The molecule has 0 aliphatic carbocycles. The van der Waals surface area contributed by atoms with Crippen LogP contribution < -0.4 is 34.9 Å². The molecule has 1 aliphatic rings. The van der Waals surface area contributed by atoms with E-state index in [2.05, 4.69) is 5.32 Å². The van der Waals surface area contributed by atoms with E-state index in [1.807, 2.05) is 0 Å². The summed E-state index contributed by atoms with van der Waals surface area (Å²) in [5, 5.41) is 19.9. The predicted molar refractivity (Wildman–Crippen MR) is 40.9 cm³/mol. The molecule has 0 aromatic carbocycles. The van der Waals surface area contributed by atoms with Crippen molar-refractivity contribution in [3.8, 4) is 0 Å². The zero-order valence-corrected chi connectivity index (χ0v) is 9.49. The molecule has 13 heavy (non-hydrogen) atoms. The van der Waals surface area contributed by atoms with Crippen LogP contribution in [0.4, 0.5) is 0 Å². The number of aliphatic carboxylic acids is 2. The number of rotatable bonds is 2. The Labute approximate surface area is 99.3 Å². The first kappa shape index (κ1) is 12.9. The molecule has 3 N–H and O–H groups in total. The standard InChI is InChI=1S/C7H11NO4.Na.H/c9-6(10)4-1-2-8-5(3-4)7(11)12;;/h4-5,8H,1-3H2,(H,9,10)(H,11,12);;/q;+1;-1. The third-order valence-corrected chi connectivity index (χ3v) is 2.05. The van der Waals surface area contributed by atoms with Gasteiger partial charge >= 0.3 is 41.5 Å². The molecule has 1 saturated heterocycles. The van der Waals surface area contributed by atoms with Gasteiger partial charge in [-0.3, -0.25) is 9.59 Å². The quantitative estimate of drug-likeness (QED) is 0.402. The largest absolute Gasteiger partial charge is 1.00 e. The molecule has 70 valence electrons. The second-order valence-electron chi connectivity index (χ2n) is 2.90. The normalized spacial score (nSPS) is 27.4. The van der Waals surface area contributed by atoms with Crippen molar-refractivity contribution in [1.29, 1.82) is 0 Å². The summed E-state index contributed by atoms with van der Waals surface area (Å²) in [6.45, 7) is 0.466. The number of nitrogens with one attached hydrogen (secondary N) is 1. The minimum Gasteiger partial charge on any atom is -1.00 e. The summed E-state index contributed by atoms with van der Waals surface area (Å²) in [6.07, 6.45) is 0.698. The van der Waals surface area contributed by atoms with E-state index in [-0.39, 0.29) is 37.4 Å². The van der Waals surface area contributed by atoms with E-state index >= 15 is 0 Å². The van der Waals surface area contributed by atoms with Crippen LogP contribution in [-0.2, 0) is 9.59 Å². The maximum absolute atomic E-state index is 10.5. The summed E-state index contributed by atoms with van der Waals surface area (Å²) in [4.78, 5) is 21.0. The van der Waals surface area contributed by atoms with Gasteiger partial charge in [0.2, 0.25) is 0 Å². The van der Waals surface area contributed by atoms with Crippen LogP contribution in [0.25, 0.3) is 0 Å². The van der Waals surface area contributed by atoms with Crippen LogP contribution in [0.1, 0.15) is 14.3 Å². The van der Waals surface area contributed by atoms with Crippen LogP contribution in [0.5, 0.6) is 0 Å². The molecule has 0 bridgehead atoms. The second-order valence-corrected chi connectivity index (χ2v) is 2.90. The molecule has 0 amide bonds. The van der Waals surface area contributed by atoms with E-state index in [0.29, 0.717) is 13.0 Å². The first-order valence-corrected chi connectivity index (χ1v) is 3.80. The molecule has 2 unspecified atom stereocenters. The topological polar surface area (TPSA) is 86.6 Å². The van der Waals surface area contributed by atoms with Gasteiger partial charge in [-0.05, 0) is 19.4 Å². The number of piperidine rings is 1. The number of carboxylic acid groups (broad SMARTS) is 2. The minimum atomic E-state index is -0.971. The Morgan fingerprint density at radius 3 is 2.38 bits per heavy atom. The zero-order chi connectivity index (χ0) is 9.14. The van der Waals surface area contributed by atoms with Crippen LogP contribution in [0, 0.1) is 5.92 Å². The fourth-order valence-electron chi connectivity index (χ4n) is 1.33. The van der Waals surface area contributed by atoms with Crippen molar-refractivity contribution in [2.45, 2.75) is 18.9 Å². The molecule has 0 spiro atoms. The first-order valence-electron chi connectivity index (χ1n) is 3.80. The molecule has 0 saturated carbocycles. The van der Waals surface area contributed by atoms with Crippen molar-refractivity contribution < 1.29 is 50.8 Å². The Morgan fingerprint density at radius 2 is 1.92 bits per heavy atom. The second kappa shape index (κ2) is 5.59. The Kier molecular flexibility index (Phi) is 5.55. The van der Waals surface area contributed by atoms with E-state index in [1.165, 1.54) is 0 Å². The van der Waals surface area contributed by atoms with Gasteiger partial charge in [0.15, 0.2) is 0 Å². The predicted octanol–water partition coefficient (Wildman–Crippen LogP) is -3.36. The van der Waals surface area contributed by atoms with Crippen LogP contribution in [0.3, 0.4) is 0 Å². The van der Waals surface area contributed by atoms with Gasteiger partial charge in [-0.2, -0.15) is 0 Å². The monoisotopic (exact) mass is 197 g/mol. The van der Waals surface area contributed by atoms with Crippen molar-refractivity contribution in [3.05, 3.63) is 0 Å². The van der Waals surface area contributed by atoms with Gasteiger partial charge in [0.25, 0.3) is 0 Å². The molecule has 1 fully saturated rings. The average Bonchev–Trinajstić information content (AvgIpc) is 2.04. The Balaban J connectivity index is 0. The number of carboxylic acids is 2. The van der Waals surface area contributed by atoms with Crippen molar-refractivity contribution >= 4 is 11.9 Å². The van der Waals surface area contributed by atoms with Crippen LogP contribution in [0.15, 0.2) is 0 Å². The molecule has 2 atom stereocenters. The Morgan fingerprint density at radius 1 is 1.31 bits per heavy atom. The van der Waals surface area contributed by atoms with Crippen molar-refractivity contribution in [1.82, 2.24) is 5.32 Å². The maximum atomic E-state index is 10.5. The molecule has 1 rings (SSSR count). The summed E-state index contributed by atoms with van der Waals surface area (Å²) < 4.78 is 0. The molecule has 0 radical (unpaired) electrons. The Hall–Kier alpha value is -0.100. The van der Waals surface area contributed by atoms with Crippen molar-refractivity contribution in [2.75, 3.05) is 6.54 Å². The van der Waals surface area contributed by atoms with Gasteiger partial charge < -0.3 is 17.0 Å². The van der Waals surface area contributed by atoms with Gasteiger partial charge in [0.05, 0.1) is 5.92 Å². The van der Waals surface area contributed by atoms with Crippen molar-refractivity contribution in [3.63, 3.8) is 0 Å². The average molecular weight is 197 g/mol. The van der Waals surface area contributed by atoms with E-state index in [4.69, 9.17) is 10.2 Å². The fraction of sp³-hybridized carbons (Fsp3) is 0.714. The SMILES string of the molecule is O=C(O)C1CCNC(C(=O)O)C1.[H-].[Na+]. The van der Waals surface area contributed by atoms with Crippen LogP contribution >= 0.6 is 0 Å². The molecule has 0 aromatic rings. The number of hydrogen-bond acceptors (Lipinski definition) is 3. The molecular formula is C7H12NNaO4. The molecule has 6 heteroatoms. The van der Waals surface area contributed by atoms with E-state index in [9.17, 15) is 9.59 Å². The maximum Gasteiger partial charge on any atom is 1.00 e. The van der Waals surface area contributed by atoms with E-state index in [0.717, 1.165) is 0 Å². The number of carbonyl (C=O) groups is 2. The van der Waals surface area contributed by atoms with Crippen LogP contribution in [-0.4, -0.2) is 34.7 Å². The Bertz CT molecular complexity index is 194. The van der Waals surface area contributed by atoms with E-state index < -0.39 is 23.9 Å². The summed E-state index contributed by atoms with van der Waals surface area (Å²) in [7, 11) is 0. The van der Waals surface area contributed by atoms with Crippen LogP contribution in [0.2, 0.25) is 0 Å². The zero-order valence-electron chi connectivity index (χ0n) is 8.49. The molecular weight excluding hydrogens is 185 g/mol. The molecule has 1 heterocycles. The van der Waals surface area contributed by atoms with Gasteiger partial charge in [-0.1, -0.05) is 0 Å². The van der Waals surface area contributed by atoms with Gasteiger partial charge in [-0.25, -0.2) is 0 Å². The first-order chi connectivity index (χ1) is 5.61. The van der Waals surface area contributed by atoms with Crippen molar-refractivity contribution in [2.24, 2.45) is 5.92 Å². The molecule has 5 nitrogen and oxygen atoms in total. The van der Waals surface area contributed by atoms with Gasteiger partial charge in [0.1, 0.15) is 6.04 Å². The fourth-order valence-corrected chi connectivity index (χ4v) is 1.33. The summed E-state index contributed by atoms with van der Waals surface area (Å²) in [5.41, 5.74) is 0. The smallest absolute Gasteiger partial charge is 1.00 e. The molecule has 1 aliphatic heterocycles. The summed E-state index contributed by atoms with van der Waals surface area (Å²) in [6, 6.07) is -0.695. The third-order valence-electron chi connectivity index (χ3n) is 2.05. The van der Waals surface area contributed by atoms with Gasteiger partial charge in [0, 0.05) is 0 Å². The van der Waals surface area contributed by atoms with E-state index in [1.54, 1.807) is 0 Å². The number of hydrogen-bond donors (Lipinski definition) is 3. The summed E-state index contributed by atoms with van der Waals surface area (Å²) in [5.74, 6) is -2.38. The minimum absolute atomic E-state index is 0. The third kappa shape index (κ3) is 3.64.